The summed E-state index contributed by atoms with van der Waals surface area (Å²) in [6, 6.07) is 0. The Morgan fingerprint density at radius 1 is 1.24 bits per heavy atom. The topological polar surface area (TPSA) is 103 Å². The number of pyridine rings is 1. The van der Waals surface area contributed by atoms with Crippen LogP contribution < -0.4 is 10.5 Å². The number of aryl methyl sites for hydroxylation is 3. The number of anilines is 1. The zero-order valence-corrected chi connectivity index (χ0v) is 16.2. The molecule has 3 N–H and O–H groups in total. The Morgan fingerprint density at radius 2 is 1.92 bits per heavy atom. The van der Waals surface area contributed by atoms with E-state index in [1.54, 1.807) is 0 Å². The summed E-state index contributed by atoms with van der Waals surface area (Å²) in [5.74, 6) is 1.38. The number of rotatable bonds is 5. The molecular formula is C17H27N5O2S. The van der Waals surface area contributed by atoms with Crippen molar-refractivity contribution < 1.29 is 8.42 Å². The van der Waals surface area contributed by atoms with E-state index in [4.69, 9.17) is 10.7 Å². The second-order valence-corrected chi connectivity index (χ2v) is 9.30. The fourth-order valence-electron chi connectivity index (χ4n) is 3.82. The molecular weight excluding hydrogens is 338 g/mol. The zero-order chi connectivity index (χ0) is 18.4. The third kappa shape index (κ3) is 3.64. The van der Waals surface area contributed by atoms with Crippen molar-refractivity contribution in [1.29, 1.82) is 0 Å². The highest BCUT2D eigenvalue weighted by Crippen LogP contribution is 2.32. The molecule has 2 aromatic heterocycles. The molecule has 0 amide bonds. The van der Waals surface area contributed by atoms with Crippen LogP contribution in [0.1, 0.15) is 50.7 Å². The van der Waals surface area contributed by atoms with E-state index in [1.807, 2.05) is 20.8 Å². The van der Waals surface area contributed by atoms with Crippen molar-refractivity contribution in [3.63, 3.8) is 0 Å². The number of nitrogens with one attached hydrogen (secondary N) is 1. The quantitative estimate of drug-likeness (QED) is 0.841. The second kappa shape index (κ2) is 6.25. The molecule has 1 aliphatic rings. The minimum Gasteiger partial charge on any atom is -0.382 e. The lowest BCUT2D eigenvalue weighted by molar-refractivity contribution is 0.390. The first kappa shape index (κ1) is 18.1. The van der Waals surface area contributed by atoms with Gasteiger partial charge >= 0.3 is 0 Å². The summed E-state index contributed by atoms with van der Waals surface area (Å²) in [7, 11) is -3.30. The summed E-state index contributed by atoms with van der Waals surface area (Å²) in [6.07, 6.45) is 6.09. The average molecular weight is 366 g/mol. The number of sulfonamides is 1. The van der Waals surface area contributed by atoms with E-state index in [0.29, 0.717) is 12.4 Å². The fourth-order valence-corrected chi connectivity index (χ4v) is 4.89. The summed E-state index contributed by atoms with van der Waals surface area (Å²) in [5, 5.41) is 0. The summed E-state index contributed by atoms with van der Waals surface area (Å²) in [5.41, 5.74) is 9.61. The van der Waals surface area contributed by atoms with Crippen molar-refractivity contribution in [2.75, 3.05) is 12.0 Å². The number of nitrogens with two attached hydrogens (primary N) is 1. The summed E-state index contributed by atoms with van der Waals surface area (Å²) < 4.78 is 28.3. The second-order valence-electron chi connectivity index (χ2n) is 7.55. The van der Waals surface area contributed by atoms with Gasteiger partial charge in [0.05, 0.1) is 11.8 Å². The third-order valence-electron chi connectivity index (χ3n) is 4.60. The Morgan fingerprint density at radius 3 is 2.56 bits per heavy atom. The minimum absolute atomic E-state index is 0.470. The third-order valence-corrected chi connectivity index (χ3v) is 5.52. The maximum absolute atomic E-state index is 11.7. The van der Waals surface area contributed by atoms with E-state index < -0.39 is 15.6 Å². The molecule has 138 valence electrons. The van der Waals surface area contributed by atoms with Crippen LogP contribution in [0.3, 0.4) is 0 Å². The van der Waals surface area contributed by atoms with Gasteiger partial charge in [0.25, 0.3) is 0 Å². The lowest BCUT2D eigenvalue weighted by atomic mass is 9.94. The standard InChI is InChI=1S/C17H27N5O2S/c1-5-13-20-14-15(11-8-6-7-9-12(11)19-16(14)18)22(13)10-17(2,3)21-25(4,23)24/h21H,5-10H2,1-4H3,(H2,18,19). The predicted molar refractivity (Wildman–Crippen MR) is 100 cm³/mol. The van der Waals surface area contributed by atoms with Gasteiger partial charge in [-0.25, -0.2) is 23.1 Å². The van der Waals surface area contributed by atoms with Gasteiger partial charge in [-0.1, -0.05) is 6.92 Å². The highest BCUT2D eigenvalue weighted by Gasteiger charge is 2.28. The molecule has 0 atom stereocenters. The number of hydrogen-bond donors (Lipinski definition) is 2. The molecule has 0 aromatic carbocycles. The highest BCUT2D eigenvalue weighted by atomic mass is 32.2. The molecule has 0 unspecified atom stereocenters. The van der Waals surface area contributed by atoms with Crippen LogP contribution in [0.2, 0.25) is 0 Å². The SMILES string of the molecule is CCc1nc2c(N)nc3c(c2n1CC(C)(C)NS(C)(=O)=O)CCCC3. The Labute approximate surface area is 149 Å². The molecule has 0 fully saturated rings. The van der Waals surface area contributed by atoms with Gasteiger partial charge in [0.2, 0.25) is 10.0 Å². The summed E-state index contributed by atoms with van der Waals surface area (Å²) in [4.78, 5) is 9.29. The number of nitrogens with zero attached hydrogens (tertiary/aromatic N) is 3. The maximum atomic E-state index is 11.7. The molecule has 2 aromatic rings. The van der Waals surface area contributed by atoms with Crippen LogP contribution in [-0.4, -0.2) is 34.7 Å². The molecule has 0 saturated heterocycles. The molecule has 1 aliphatic carbocycles. The Kier molecular flexibility index (Phi) is 4.53. The molecule has 0 saturated carbocycles. The van der Waals surface area contributed by atoms with Crippen molar-refractivity contribution >= 4 is 26.9 Å². The summed E-state index contributed by atoms with van der Waals surface area (Å²) in [6.45, 7) is 6.31. The van der Waals surface area contributed by atoms with Crippen molar-refractivity contribution in [2.24, 2.45) is 0 Å². The van der Waals surface area contributed by atoms with Crippen molar-refractivity contribution in [1.82, 2.24) is 19.3 Å². The molecule has 2 heterocycles. The predicted octanol–water partition coefficient (Wildman–Crippen LogP) is 1.78. The Hall–Kier alpha value is -1.67. The van der Waals surface area contributed by atoms with E-state index in [2.05, 4.69) is 14.3 Å². The number of hydrogen-bond acceptors (Lipinski definition) is 5. The number of nitrogen functional groups attached to an aromatic ring is 1. The highest BCUT2D eigenvalue weighted by molar-refractivity contribution is 7.88. The molecule has 7 nitrogen and oxygen atoms in total. The van der Waals surface area contributed by atoms with Crippen LogP contribution in [-0.2, 0) is 35.8 Å². The summed E-state index contributed by atoms with van der Waals surface area (Å²) >= 11 is 0. The lowest BCUT2D eigenvalue weighted by Crippen LogP contribution is -2.46. The normalized spacial score (nSPS) is 15.5. The van der Waals surface area contributed by atoms with Crippen LogP contribution >= 0.6 is 0 Å². The largest absolute Gasteiger partial charge is 0.382 e. The van der Waals surface area contributed by atoms with E-state index in [1.165, 1.54) is 11.8 Å². The fraction of sp³-hybridized carbons (Fsp3) is 0.647. The maximum Gasteiger partial charge on any atom is 0.209 e. The van der Waals surface area contributed by atoms with Crippen LogP contribution in [0.25, 0.3) is 11.0 Å². The molecule has 3 rings (SSSR count). The van der Waals surface area contributed by atoms with Gasteiger partial charge in [0.15, 0.2) is 5.82 Å². The van der Waals surface area contributed by atoms with Crippen LogP contribution in [0.4, 0.5) is 5.82 Å². The molecule has 0 bridgehead atoms. The van der Waals surface area contributed by atoms with E-state index in [-0.39, 0.29) is 0 Å². The van der Waals surface area contributed by atoms with Crippen LogP contribution in [0, 0.1) is 0 Å². The van der Waals surface area contributed by atoms with Crippen molar-refractivity contribution in [3.8, 4) is 0 Å². The number of fused-ring (bicyclic) bond motifs is 3. The minimum atomic E-state index is -3.30. The number of imidazole rings is 1. The Bertz CT molecular complexity index is 915. The van der Waals surface area contributed by atoms with Gasteiger partial charge in [0, 0.05) is 24.2 Å². The first-order valence-corrected chi connectivity index (χ1v) is 10.7. The van der Waals surface area contributed by atoms with E-state index >= 15 is 0 Å². The lowest BCUT2D eigenvalue weighted by Gasteiger charge is -2.27. The van der Waals surface area contributed by atoms with Crippen molar-refractivity contribution in [2.45, 2.75) is 65.0 Å². The molecule has 0 aliphatic heterocycles. The van der Waals surface area contributed by atoms with E-state index in [9.17, 15) is 8.42 Å². The van der Waals surface area contributed by atoms with Gasteiger partial charge in [-0.3, -0.25) is 0 Å². The monoisotopic (exact) mass is 365 g/mol. The first-order valence-electron chi connectivity index (χ1n) is 8.76. The van der Waals surface area contributed by atoms with Crippen molar-refractivity contribution in [3.05, 3.63) is 17.1 Å². The zero-order valence-electron chi connectivity index (χ0n) is 15.4. The van der Waals surface area contributed by atoms with Gasteiger partial charge < -0.3 is 10.3 Å². The van der Waals surface area contributed by atoms with Gasteiger partial charge in [0.1, 0.15) is 11.3 Å². The van der Waals surface area contributed by atoms with Crippen LogP contribution in [0.5, 0.6) is 0 Å². The molecule has 0 radical (unpaired) electrons. The molecule has 8 heteroatoms. The Balaban J connectivity index is 2.18. The number of aromatic nitrogens is 3. The smallest absolute Gasteiger partial charge is 0.209 e. The average Bonchev–Trinajstić information content (AvgIpc) is 2.83. The van der Waals surface area contributed by atoms with Gasteiger partial charge in [-0.15, -0.1) is 0 Å². The van der Waals surface area contributed by atoms with E-state index in [0.717, 1.165) is 54.7 Å². The van der Waals surface area contributed by atoms with Crippen LogP contribution in [0.15, 0.2) is 0 Å². The molecule has 0 spiro atoms. The van der Waals surface area contributed by atoms with Gasteiger partial charge in [-0.2, -0.15) is 0 Å². The first-order chi connectivity index (χ1) is 11.6. The van der Waals surface area contributed by atoms with Gasteiger partial charge in [-0.05, 0) is 45.1 Å². The molecule has 25 heavy (non-hydrogen) atoms.